The van der Waals surface area contributed by atoms with Gasteiger partial charge in [-0.05, 0) is 36.6 Å². The van der Waals surface area contributed by atoms with Crippen LogP contribution in [0.1, 0.15) is 24.8 Å². The largest absolute Gasteiger partial charge is 0.493 e. The Hall–Kier alpha value is -2.79. The van der Waals surface area contributed by atoms with Gasteiger partial charge in [0.15, 0.2) is 11.5 Å². The highest BCUT2D eigenvalue weighted by Gasteiger charge is 2.05. The fourth-order valence-electron chi connectivity index (χ4n) is 1.87. The van der Waals surface area contributed by atoms with E-state index in [0.717, 1.165) is 18.4 Å². The van der Waals surface area contributed by atoms with Crippen molar-refractivity contribution in [2.24, 2.45) is 5.10 Å². The zero-order valence-corrected chi connectivity index (χ0v) is 14.2. The molecule has 0 amide bonds. The highest BCUT2D eigenvalue weighted by Crippen LogP contribution is 2.28. The first kappa shape index (κ1) is 17.6. The minimum atomic E-state index is 0.467. The molecular weight excluding hydrogens is 326 g/mol. The van der Waals surface area contributed by atoms with Crippen molar-refractivity contribution in [2.75, 3.05) is 24.9 Å². The molecule has 1 heterocycles. The molecule has 0 fully saturated rings. The van der Waals surface area contributed by atoms with Crippen molar-refractivity contribution in [2.45, 2.75) is 19.3 Å². The lowest BCUT2D eigenvalue weighted by atomic mass is 10.2. The quantitative estimate of drug-likeness (QED) is 0.410. The van der Waals surface area contributed by atoms with Gasteiger partial charge in [-0.25, -0.2) is 4.98 Å². The van der Waals surface area contributed by atoms with E-state index in [4.69, 9.17) is 20.5 Å². The Balaban J connectivity index is 1.95. The summed E-state index contributed by atoms with van der Waals surface area (Å²) >= 11 is 1.38. The van der Waals surface area contributed by atoms with Crippen molar-refractivity contribution in [3.63, 3.8) is 0 Å². The van der Waals surface area contributed by atoms with Gasteiger partial charge in [-0.3, -0.25) is 5.43 Å². The van der Waals surface area contributed by atoms with E-state index >= 15 is 0 Å². The van der Waals surface area contributed by atoms with E-state index in [1.807, 2.05) is 18.2 Å². The van der Waals surface area contributed by atoms with Crippen molar-refractivity contribution in [3.05, 3.63) is 29.1 Å². The number of ether oxygens (including phenoxy) is 2. The molecule has 126 valence electrons. The summed E-state index contributed by atoms with van der Waals surface area (Å²) in [5.41, 5.74) is 9.23. The molecule has 7 nitrogen and oxygen atoms in total. The maximum Gasteiger partial charge on any atom is 0.205 e. The number of anilines is 2. The molecule has 0 aliphatic rings. The van der Waals surface area contributed by atoms with E-state index in [0.29, 0.717) is 35.5 Å². The van der Waals surface area contributed by atoms with Crippen LogP contribution in [0.4, 0.5) is 10.9 Å². The van der Waals surface area contributed by atoms with E-state index in [9.17, 15) is 0 Å². The summed E-state index contributed by atoms with van der Waals surface area (Å²) in [6, 6.07) is 7.68. The number of methoxy groups -OCH3 is 1. The molecule has 24 heavy (non-hydrogen) atoms. The van der Waals surface area contributed by atoms with E-state index in [1.165, 1.54) is 11.3 Å². The smallest absolute Gasteiger partial charge is 0.205 e. The lowest BCUT2D eigenvalue weighted by Gasteiger charge is -2.11. The number of nitrogens with one attached hydrogen (secondary N) is 1. The Labute approximate surface area is 144 Å². The molecule has 1 aromatic carbocycles. The zero-order chi connectivity index (χ0) is 17.2. The normalized spacial score (nSPS) is 10.5. The van der Waals surface area contributed by atoms with Gasteiger partial charge in [-0.15, -0.1) is 11.3 Å². The molecule has 0 saturated heterocycles. The molecule has 0 bridgehead atoms. The average molecular weight is 345 g/mol. The number of hydrazone groups is 1. The summed E-state index contributed by atoms with van der Waals surface area (Å²) in [5, 5.41) is 15.0. The number of rotatable bonds is 9. The average Bonchev–Trinajstić information content (AvgIpc) is 3.00. The third-order valence-electron chi connectivity index (χ3n) is 3.02. The van der Waals surface area contributed by atoms with Crippen LogP contribution in [0.15, 0.2) is 28.7 Å². The number of hydrogen-bond acceptors (Lipinski definition) is 8. The lowest BCUT2D eigenvalue weighted by molar-refractivity contribution is 0.287. The number of thiazole rings is 1. The number of hydrogen-bond donors (Lipinski definition) is 2. The first-order valence-electron chi connectivity index (χ1n) is 7.41. The predicted molar refractivity (Wildman–Crippen MR) is 95.7 cm³/mol. The van der Waals surface area contributed by atoms with E-state index < -0.39 is 0 Å². The number of nitrogens with two attached hydrogens (primary N) is 1. The third-order valence-corrected chi connectivity index (χ3v) is 3.79. The Morgan fingerprint density at radius 2 is 2.29 bits per heavy atom. The third kappa shape index (κ3) is 5.44. The van der Waals surface area contributed by atoms with Crippen LogP contribution in [0, 0.1) is 11.3 Å². The van der Waals surface area contributed by atoms with Crippen molar-refractivity contribution in [3.8, 4) is 17.6 Å². The van der Waals surface area contributed by atoms with Crippen LogP contribution in [0.2, 0.25) is 0 Å². The maximum absolute atomic E-state index is 8.53. The Kier molecular flexibility index (Phi) is 6.86. The molecule has 0 radical (unpaired) electrons. The molecule has 0 spiro atoms. The van der Waals surface area contributed by atoms with Crippen LogP contribution in [0.3, 0.4) is 0 Å². The van der Waals surface area contributed by atoms with Crippen LogP contribution < -0.4 is 20.6 Å². The second-order valence-corrected chi connectivity index (χ2v) is 5.68. The fourth-order valence-corrected chi connectivity index (χ4v) is 2.42. The first-order chi connectivity index (χ1) is 11.7. The molecule has 8 heteroatoms. The Bertz CT molecular complexity index is 723. The Morgan fingerprint density at radius 3 is 3.00 bits per heavy atom. The van der Waals surface area contributed by atoms with Crippen LogP contribution >= 0.6 is 11.3 Å². The minimum Gasteiger partial charge on any atom is -0.493 e. The molecule has 0 atom stereocenters. The summed E-state index contributed by atoms with van der Waals surface area (Å²) in [4.78, 5) is 4.06. The summed E-state index contributed by atoms with van der Waals surface area (Å²) in [7, 11) is 1.60. The first-order valence-corrected chi connectivity index (χ1v) is 8.28. The van der Waals surface area contributed by atoms with Gasteiger partial charge in [-0.1, -0.05) is 0 Å². The fraction of sp³-hybridized carbons (Fsp3) is 0.312. The summed E-state index contributed by atoms with van der Waals surface area (Å²) in [6.07, 6.45) is 3.85. The molecule has 3 N–H and O–H groups in total. The molecule has 0 aliphatic carbocycles. The van der Waals surface area contributed by atoms with E-state index in [1.54, 1.807) is 18.7 Å². The number of aromatic nitrogens is 1. The van der Waals surface area contributed by atoms with Crippen LogP contribution in [0.5, 0.6) is 11.5 Å². The summed E-state index contributed by atoms with van der Waals surface area (Å²) < 4.78 is 11.0. The summed E-state index contributed by atoms with van der Waals surface area (Å²) in [5.74, 6) is 1.78. The molecule has 2 aromatic rings. The monoisotopic (exact) mass is 345 g/mol. The molecular formula is C16H19N5O2S. The van der Waals surface area contributed by atoms with Gasteiger partial charge in [0.2, 0.25) is 5.13 Å². The van der Waals surface area contributed by atoms with Gasteiger partial charge in [0, 0.05) is 11.8 Å². The van der Waals surface area contributed by atoms with Crippen molar-refractivity contribution in [1.82, 2.24) is 4.98 Å². The van der Waals surface area contributed by atoms with Crippen LogP contribution in [-0.4, -0.2) is 24.9 Å². The molecule has 1 aromatic heterocycles. The molecule has 0 aliphatic heterocycles. The predicted octanol–water partition coefficient (Wildman–Crippen LogP) is 3.25. The Morgan fingerprint density at radius 1 is 1.42 bits per heavy atom. The van der Waals surface area contributed by atoms with Gasteiger partial charge < -0.3 is 15.2 Å². The zero-order valence-electron chi connectivity index (χ0n) is 13.4. The standard InChI is InChI=1S/C16H19N5O2S/c1-22-13-6-5-12(9-14(13)23-8-4-2-3-7-17)10-19-21-16-20-15(18)11-24-16/h5-6,9-11H,2-4,8,18H2,1H3,(H,20,21). The van der Waals surface area contributed by atoms with E-state index in [2.05, 4.69) is 21.6 Å². The second-order valence-electron chi connectivity index (χ2n) is 4.82. The van der Waals surface area contributed by atoms with Crippen molar-refractivity contribution in [1.29, 1.82) is 5.26 Å². The number of nitriles is 1. The highest BCUT2D eigenvalue weighted by molar-refractivity contribution is 7.14. The number of nitrogens with zero attached hydrogens (tertiary/aromatic N) is 3. The molecule has 0 saturated carbocycles. The van der Waals surface area contributed by atoms with Gasteiger partial charge in [-0.2, -0.15) is 10.4 Å². The number of unbranched alkanes of at least 4 members (excludes halogenated alkanes) is 2. The highest BCUT2D eigenvalue weighted by atomic mass is 32.1. The lowest BCUT2D eigenvalue weighted by Crippen LogP contribution is -2.00. The minimum absolute atomic E-state index is 0.467. The van der Waals surface area contributed by atoms with Gasteiger partial charge in [0.25, 0.3) is 0 Å². The molecule has 0 unspecified atom stereocenters. The van der Waals surface area contributed by atoms with Gasteiger partial charge >= 0.3 is 0 Å². The molecule has 2 rings (SSSR count). The van der Waals surface area contributed by atoms with Crippen LogP contribution in [0.25, 0.3) is 0 Å². The van der Waals surface area contributed by atoms with Gasteiger partial charge in [0.05, 0.1) is 26.0 Å². The maximum atomic E-state index is 8.53. The second kappa shape index (κ2) is 9.37. The van der Waals surface area contributed by atoms with Crippen LogP contribution in [-0.2, 0) is 0 Å². The van der Waals surface area contributed by atoms with Crippen molar-refractivity contribution >= 4 is 28.5 Å². The topological polar surface area (TPSA) is 106 Å². The van der Waals surface area contributed by atoms with Gasteiger partial charge in [0.1, 0.15) is 5.82 Å². The number of benzene rings is 1. The summed E-state index contributed by atoms with van der Waals surface area (Å²) in [6.45, 7) is 0.537. The van der Waals surface area contributed by atoms with E-state index in [-0.39, 0.29) is 0 Å². The SMILES string of the molecule is COc1ccc(C=NNc2nc(N)cs2)cc1OCCCCC#N. The number of nitrogen functional groups attached to an aromatic ring is 1. The van der Waals surface area contributed by atoms with Crippen molar-refractivity contribution < 1.29 is 9.47 Å².